The minimum atomic E-state index is -0.756. The minimum absolute atomic E-state index is 0.179. The fraction of sp³-hybridized carbons (Fsp3) is 0.867. The van der Waals surface area contributed by atoms with E-state index in [1.807, 2.05) is 4.90 Å². The van der Waals surface area contributed by atoms with Crippen LogP contribution in [0.4, 0.5) is 4.79 Å². The maximum atomic E-state index is 12.6. The number of amides is 2. The summed E-state index contributed by atoms with van der Waals surface area (Å²) in [6, 6.07) is 0.651. The summed E-state index contributed by atoms with van der Waals surface area (Å²) in [5.41, 5.74) is 0. The summed E-state index contributed by atoms with van der Waals surface area (Å²) in [4.78, 5) is 29.3. The van der Waals surface area contributed by atoms with Gasteiger partial charge in [-0.25, -0.2) is 4.79 Å². The molecular weight excluding hydrogens is 270 g/mol. The Kier molecular flexibility index (Phi) is 5.85. The van der Waals surface area contributed by atoms with Crippen molar-refractivity contribution < 1.29 is 14.7 Å². The third-order valence-electron chi connectivity index (χ3n) is 4.27. The predicted octanol–water partition coefficient (Wildman–Crippen LogP) is 1.46. The molecule has 1 aliphatic carbocycles. The van der Waals surface area contributed by atoms with Gasteiger partial charge >= 0.3 is 12.0 Å². The summed E-state index contributed by atoms with van der Waals surface area (Å²) in [7, 11) is 0. The SMILES string of the molecule is CCCCN(C(=O)N1CCN(CCC(=O)O)CC1)C1CC1. The number of rotatable bonds is 7. The van der Waals surface area contributed by atoms with Crippen LogP contribution in [0.25, 0.3) is 0 Å². The molecule has 2 rings (SSSR count). The minimum Gasteiger partial charge on any atom is -0.481 e. The van der Waals surface area contributed by atoms with Crippen molar-refractivity contribution in [2.45, 2.75) is 45.1 Å². The number of carbonyl (C=O) groups is 2. The smallest absolute Gasteiger partial charge is 0.320 e. The zero-order chi connectivity index (χ0) is 15.2. The Hall–Kier alpha value is -1.30. The fourth-order valence-corrected chi connectivity index (χ4v) is 2.75. The topological polar surface area (TPSA) is 64.1 Å². The van der Waals surface area contributed by atoms with E-state index in [0.717, 1.165) is 45.3 Å². The molecule has 0 aromatic carbocycles. The Bertz CT molecular complexity index is 363. The Morgan fingerprint density at radius 2 is 1.86 bits per heavy atom. The van der Waals surface area contributed by atoms with Crippen LogP contribution in [0.1, 0.15) is 39.0 Å². The van der Waals surface area contributed by atoms with Gasteiger partial charge in [0.1, 0.15) is 0 Å². The molecule has 1 heterocycles. The van der Waals surface area contributed by atoms with Gasteiger partial charge in [-0.1, -0.05) is 13.3 Å². The highest BCUT2D eigenvalue weighted by Gasteiger charge is 2.35. The number of carbonyl (C=O) groups excluding carboxylic acids is 1. The zero-order valence-corrected chi connectivity index (χ0v) is 13.0. The monoisotopic (exact) mass is 297 g/mol. The summed E-state index contributed by atoms with van der Waals surface area (Å²) in [5, 5.41) is 8.71. The van der Waals surface area contributed by atoms with E-state index in [2.05, 4.69) is 16.7 Å². The Labute approximate surface area is 126 Å². The molecular formula is C15H27N3O3. The van der Waals surface area contributed by atoms with Crippen LogP contribution in [0, 0.1) is 0 Å². The number of aliphatic carboxylic acids is 1. The molecule has 0 aromatic rings. The van der Waals surface area contributed by atoms with E-state index >= 15 is 0 Å². The number of carboxylic acids is 1. The van der Waals surface area contributed by atoms with E-state index in [0.29, 0.717) is 25.7 Å². The van der Waals surface area contributed by atoms with Gasteiger partial charge in [-0.3, -0.25) is 9.69 Å². The van der Waals surface area contributed by atoms with Crippen LogP contribution in [0.2, 0.25) is 0 Å². The van der Waals surface area contributed by atoms with Crippen LogP contribution in [-0.4, -0.2) is 77.1 Å². The number of piperazine rings is 1. The lowest BCUT2D eigenvalue weighted by Gasteiger charge is -2.37. The first-order valence-corrected chi connectivity index (χ1v) is 8.11. The van der Waals surface area contributed by atoms with Crippen LogP contribution in [-0.2, 0) is 4.79 Å². The average Bonchev–Trinajstić information content (AvgIpc) is 3.30. The number of unbranched alkanes of at least 4 members (excludes halogenated alkanes) is 1. The summed E-state index contributed by atoms with van der Waals surface area (Å²) in [6.07, 6.45) is 4.65. The van der Waals surface area contributed by atoms with Gasteiger partial charge in [-0.2, -0.15) is 0 Å². The molecule has 0 bridgehead atoms. The number of urea groups is 1. The van der Waals surface area contributed by atoms with Gasteiger partial charge in [0.15, 0.2) is 0 Å². The van der Waals surface area contributed by atoms with Crippen molar-refractivity contribution in [3.8, 4) is 0 Å². The Morgan fingerprint density at radius 1 is 1.19 bits per heavy atom. The zero-order valence-electron chi connectivity index (χ0n) is 13.0. The van der Waals surface area contributed by atoms with Gasteiger partial charge in [-0.05, 0) is 19.3 Å². The third-order valence-corrected chi connectivity index (χ3v) is 4.27. The lowest BCUT2D eigenvalue weighted by atomic mass is 10.3. The van der Waals surface area contributed by atoms with Gasteiger partial charge in [0.05, 0.1) is 6.42 Å². The summed E-state index contributed by atoms with van der Waals surface area (Å²) in [6.45, 7) is 6.60. The maximum Gasteiger partial charge on any atom is 0.320 e. The molecule has 2 fully saturated rings. The summed E-state index contributed by atoms with van der Waals surface area (Å²) in [5.74, 6) is -0.756. The summed E-state index contributed by atoms with van der Waals surface area (Å²) < 4.78 is 0. The van der Waals surface area contributed by atoms with E-state index in [4.69, 9.17) is 5.11 Å². The second-order valence-corrected chi connectivity index (χ2v) is 6.03. The van der Waals surface area contributed by atoms with E-state index in [9.17, 15) is 9.59 Å². The van der Waals surface area contributed by atoms with Gasteiger partial charge in [0, 0.05) is 45.3 Å². The standard InChI is InChI=1S/C15H27N3O3/c1-2-3-7-18(13-4-5-13)15(21)17-11-9-16(10-12-17)8-6-14(19)20/h13H,2-12H2,1H3,(H,19,20). The first kappa shape index (κ1) is 16.1. The second-order valence-electron chi connectivity index (χ2n) is 6.03. The normalized spacial score (nSPS) is 19.6. The van der Waals surface area contributed by atoms with Crippen molar-refractivity contribution >= 4 is 12.0 Å². The molecule has 2 aliphatic rings. The molecule has 6 nitrogen and oxygen atoms in total. The molecule has 1 N–H and O–H groups in total. The van der Waals surface area contributed by atoms with Crippen molar-refractivity contribution in [3.63, 3.8) is 0 Å². The first-order chi connectivity index (χ1) is 10.1. The number of hydrogen-bond donors (Lipinski definition) is 1. The fourth-order valence-electron chi connectivity index (χ4n) is 2.75. The molecule has 0 aromatic heterocycles. The molecule has 6 heteroatoms. The number of hydrogen-bond acceptors (Lipinski definition) is 3. The molecule has 0 atom stereocenters. The van der Waals surface area contributed by atoms with E-state index in [1.54, 1.807) is 0 Å². The third kappa shape index (κ3) is 4.88. The molecule has 0 spiro atoms. The van der Waals surface area contributed by atoms with E-state index < -0.39 is 5.97 Å². The molecule has 1 aliphatic heterocycles. The maximum absolute atomic E-state index is 12.6. The van der Waals surface area contributed by atoms with Gasteiger partial charge in [0.25, 0.3) is 0 Å². The van der Waals surface area contributed by atoms with Crippen LogP contribution in [0.3, 0.4) is 0 Å². The molecule has 2 amide bonds. The molecule has 120 valence electrons. The van der Waals surface area contributed by atoms with Crippen LogP contribution < -0.4 is 0 Å². The summed E-state index contributed by atoms with van der Waals surface area (Å²) >= 11 is 0. The van der Waals surface area contributed by atoms with Crippen LogP contribution >= 0.6 is 0 Å². The Balaban J connectivity index is 1.77. The molecule has 21 heavy (non-hydrogen) atoms. The predicted molar refractivity (Wildman–Crippen MR) is 80.3 cm³/mol. The van der Waals surface area contributed by atoms with Gasteiger partial charge < -0.3 is 14.9 Å². The lowest BCUT2D eigenvalue weighted by Crippen LogP contribution is -2.53. The first-order valence-electron chi connectivity index (χ1n) is 8.11. The van der Waals surface area contributed by atoms with Crippen molar-refractivity contribution in [3.05, 3.63) is 0 Å². The van der Waals surface area contributed by atoms with Crippen LogP contribution in [0.5, 0.6) is 0 Å². The molecule has 1 saturated heterocycles. The largest absolute Gasteiger partial charge is 0.481 e. The highest BCUT2D eigenvalue weighted by molar-refractivity contribution is 5.75. The average molecular weight is 297 g/mol. The second kappa shape index (κ2) is 7.64. The van der Waals surface area contributed by atoms with Gasteiger partial charge in [0.2, 0.25) is 0 Å². The number of nitrogens with zero attached hydrogens (tertiary/aromatic N) is 3. The molecule has 0 unspecified atom stereocenters. The number of carboxylic acid groups (broad SMARTS) is 1. The van der Waals surface area contributed by atoms with Gasteiger partial charge in [-0.15, -0.1) is 0 Å². The quantitative estimate of drug-likeness (QED) is 0.773. The van der Waals surface area contributed by atoms with Crippen molar-refractivity contribution in [2.75, 3.05) is 39.3 Å². The van der Waals surface area contributed by atoms with Crippen molar-refractivity contribution in [2.24, 2.45) is 0 Å². The highest BCUT2D eigenvalue weighted by Crippen LogP contribution is 2.28. The Morgan fingerprint density at radius 3 is 2.38 bits per heavy atom. The van der Waals surface area contributed by atoms with Crippen LogP contribution in [0.15, 0.2) is 0 Å². The molecule has 0 radical (unpaired) electrons. The lowest BCUT2D eigenvalue weighted by molar-refractivity contribution is -0.137. The van der Waals surface area contributed by atoms with Crippen molar-refractivity contribution in [1.29, 1.82) is 0 Å². The van der Waals surface area contributed by atoms with E-state index in [-0.39, 0.29) is 12.5 Å². The van der Waals surface area contributed by atoms with Crippen molar-refractivity contribution in [1.82, 2.24) is 14.7 Å². The highest BCUT2D eigenvalue weighted by atomic mass is 16.4. The van der Waals surface area contributed by atoms with E-state index in [1.165, 1.54) is 0 Å². The molecule has 1 saturated carbocycles.